The van der Waals surface area contributed by atoms with Gasteiger partial charge in [-0.1, -0.05) is 6.07 Å². The van der Waals surface area contributed by atoms with Gasteiger partial charge in [-0.2, -0.15) is 5.26 Å². The van der Waals surface area contributed by atoms with Crippen molar-refractivity contribution in [1.29, 1.82) is 5.26 Å². The monoisotopic (exact) mass is 531 g/mol. The van der Waals surface area contributed by atoms with Crippen LogP contribution >= 0.6 is 0 Å². The third-order valence-electron chi connectivity index (χ3n) is 6.67. The summed E-state index contributed by atoms with van der Waals surface area (Å²) in [4.78, 5) is 14.3. The van der Waals surface area contributed by atoms with E-state index in [4.69, 9.17) is 34.2 Å². The Bertz CT molecular complexity index is 1500. The van der Waals surface area contributed by atoms with Crippen LogP contribution in [0.1, 0.15) is 24.0 Å². The highest BCUT2D eigenvalue weighted by molar-refractivity contribution is 5.74. The summed E-state index contributed by atoms with van der Waals surface area (Å²) in [6.07, 6.45) is -0.484. The molecule has 3 aliphatic heterocycles. The first-order valence-corrected chi connectivity index (χ1v) is 12.4. The lowest BCUT2D eigenvalue weighted by molar-refractivity contribution is 0.0413. The number of nitrogens with two attached hydrogens (primary N) is 1. The van der Waals surface area contributed by atoms with E-state index in [9.17, 15) is 10.1 Å². The molecule has 0 aliphatic carbocycles. The maximum atomic E-state index is 12.7. The number of carbonyl (C=O) groups excluding carboxylic acids is 1. The minimum atomic E-state index is -0.638. The minimum Gasteiger partial charge on any atom is -0.490 e. The number of nitrogens with one attached hydrogen (secondary N) is 1. The molecule has 2 aromatic carbocycles. The van der Waals surface area contributed by atoms with Crippen LogP contribution < -0.4 is 29.4 Å². The van der Waals surface area contributed by atoms with E-state index in [2.05, 4.69) is 16.3 Å². The summed E-state index contributed by atoms with van der Waals surface area (Å²) in [5, 5.41) is 17.4. The van der Waals surface area contributed by atoms with Gasteiger partial charge in [-0.15, -0.1) is 5.10 Å². The van der Waals surface area contributed by atoms with Crippen molar-refractivity contribution in [3.05, 3.63) is 59.0 Å². The fourth-order valence-electron chi connectivity index (χ4n) is 4.81. The zero-order valence-corrected chi connectivity index (χ0v) is 21.1. The number of aromatic amines is 1. The number of nitriles is 1. The third-order valence-corrected chi connectivity index (χ3v) is 6.67. The standard InChI is InChI=1S/C27H25N5O7/c1-2-35-21-11-15(3-6-19(21)38-27(33)32-7-9-34-10-8-32)22-17(13-28)25(29)39-26-23(22)24(30-31-26)16-4-5-18-20(12-16)37-14-36-18/h3-6,11-12,22H,2,7-10,14,29H2,1H3,(H,30,31). The summed E-state index contributed by atoms with van der Waals surface area (Å²) in [6.45, 7) is 4.13. The molecule has 1 unspecified atom stereocenters. The predicted octanol–water partition coefficient (Wildman–Crippen LogP) is 3.25. The number of H-pyrrole nitrogens is 1. The van der Waals surface area contributed by atoms with Crippen LogP contribution in [-0.2, 0) is 4.74 Å². The molecule has 3 N–H and O–H groups in total. The second kappa shape index (κ2) is 10.1. The summed E-state index contributed by atoms with van der Waals surface area (Å²) in [6, 6.07) is 12.9. The highest BCUT2D eigenvalue weighted by Crippen LogP contribution is 2.48. The molecule has 0 saturated carbocycles. The predicted molar refractivity (Wildman–Crippen MR) is 135 cm³/mol. The molecule has 1 saturated heterocycles. The van der Waals surface area contributed by atoms with Gasteiger partial charge in [-0.05, 0) is 42.8 Å². The molecule has 1 fully saturated rings. The summed E-state index contributed by atoms with van der Waals surface area (Å²) in [5.74, 6) is 1.44. The molecule has 1 amide bonds. The average Bonchev–Trinajstić information content (AvgIpc) is 3.60. The number of aromatic nitrogens is 2. The van der Waals surface area contributed by atoms with Crippen LogP contribution in [-0.4, -0.2) is 60.9 Å². The highest BCUT2D eigenvalue weighted by Gasteiger charge is 2.36. The Kier molecular flexibility index (Phi) is 6.34. The molecule has 0 spiro atoms. The molecule has 3 aliphatic rings. The van der Waals surface area contributed by atoms with Crippen molar-refractivity contribution >= 4 is 6.09 Å². The van der Waals surface area contributed by atoms with Crippen LogP contribution in [0.2, 0.25) is 0 Å². The van der Waals surface area contributed by atoms with Crippen LogP contribution in [0.4, 0.5) is 4.79 Å². The lowest BCUT2D eigenvalue weighted by Gasteiger charge is -2.27. The SMILES string of the molecule is CCOc1cc(C2C(C#N)=C(N)Oc3n[nH]c(-c4ccc5c(c4)OCO5)c32)ccc1OC(=O)N1CCOCC1. The van der Waals surface area contributed by atoms with Gasteiger partial charge >= 0.3 is 6.09 Å². The van der Waals surface area contributed by atoms with Crippen molar-refractivity contribution in [2.24, 2.45) is 5.73 Å². The minimum absolute atomic E-state index is 0.0421. The van der Waals surface area contributed by atoms with Gasteiger partial charge in [0.1, 0.15) is 11.6 Å². The lowest BCUT2D eigenvalue weighted by Crippen LogP contribution is -2.42. The first kappa shape index (κ1) is 24.4. The number of hydrogen-bond donors (Lipinski definition) is 2. The van der Waals surface area contributed by atoms with Crippen LogP contribution in [0.3, 0.4) is 0 Å². The number of nitrogens with zero attached hydrogens (tertiary/aromatic N) is 3. The van der Waals surface area contributed by atoms with E-state index < -0.39 is 12.0 Å². The molecule has 6 rings (SSSR count). The summed E-state index contributed by atoms with van der Waals surface area (Å²) in [7, 11) is 0. The van der Waals surface area contributed by atoms with E-state index in [0.29, 0.717) is 67.0 Å². The average molecular weight is 532 g/mol. The van der Waals surface area contributed by atoms with E-state index >= 15 is 0 Å². The quantitative estimate of drug-likeness (QED) is 0.501. The number of carbonyl (C=O) groups is 1. The fourth-order valence-corrected chi connectivity index (χ4v) is 4.81. The molecule has 12 nitrogen and oxygen atoms in total. The van der Waals surface area contributed by atoms with E-state index in [-0.39, 0.29) is 29.9 Å². The zero-order chi connectivity index (χ0) is 26.9. The van der Waals surface area contributed by atoms with E-state index in [0.717, 1.165) is 5.56 Å². The number of benzene rings is 2. The summed E-state index contributed by atoms with van der Waals surface area (Å²) >= 11 is 0. The first-order chi connectivity index (χ1) is 19.1. The molecule has 3 aromatic rings. The van der Waals surface area contributed by atoms with Gasteiger partial charge in [0.15, 0.2) is 23.0 Å². The van der Waals surface area contributed by atoms with Crippen molar-refractivity contribution in [3.63, 3.8) is 0 Å². The Morgan fingerprint density at radius 1 is 1.18 bits per heavy atom. The zero-order valence-electron chi connectivity index (χ0n) is 21.1. The molecule has 4 heterocycles. The Morgan fingerprint density at radius 3 is 2.79 bits per heavy atom. The summed E-state index contributed by atoms with van der Waals surface area (Å²) < 4.78 is 33.6. The van der Waals surface area contributed by atoms with E-state index in [1.54, 1.807) is 23.1 Å². The van der Waals surface area contributed by atoms with Crippen molar-refractivity contribution in [3.8, 4) is 46.2 Å². The Labute approximate surface area is 223 Å². The second-order valence-corrected chi connectivity index (χ2v) is 8.92. The van der Waals surface area contributed by atoms with Gasteiger partial charge in [0.05, 0.1) is 37.0 Å². The lowest BCUT2D eigenvalue weighted by atomic mass is 9.83. The number of hydrogen-bond acceptors (Lipinski definition) is 10. The Morgan fingerprint density at radius 2 is 2.00 bits per heavy atom. The number of fused-ring (bicyclic) bond motifs is 2. The van der Waals surface area contributed by atoms with Crippen molar-refractivity contribution in [2.75, 3.05) is 39.7 Å². The largest absolute Gasteiger partial charge is 0.490 e. The van der Waals surface area contributed by atoms with Gasteiger partial charge in [0, 0.05) is 18.7 Å². The van der Waals surface area contributed by atoms with Crippen molar-refractivity contribution < 1.29 is 33.2 Å². The number of ether oxygens (including phenoxy) is 6. The fraction of sp³-hybridized carbons (Fsp3) is 0.296. The summed E-state index contributed by atoms with van der Waals surface area (Å²) in [5.41, 5.74) is 9.07. The molecule has 0 bridgehead atoms. The molecular formula is C27H25N5O7. The molecule has 1 atom stereocenters. The van der Waals surface area contributed by atoms with E-state index in [1.807, 2.05) is 25.1 Å². The number of morpholine rings is 1. The normalized spacial score (nSPS) is 17.7. The maximum Gasteiger partial charge on any atom is 0.415 e. The third kappa shape index (κ3) is 4.42. The first-order valence-electron chi connectivity index (χ1n) is 12.4. The topological polar surface area (TPSA) is 154 Å². The van der Waals surface area contributed by atoms with Crippen molar-refractivity contribution in [2.45, 2.75) is 12.8 Å². The van der Waals surface area contributed by atoms with Gasteiger partial charge in [0.25, 0.3) is 0 Å². The van der Waals surface area contributed by atoms with Gasteiger partial charge < -0.3 is 39.1 Å². The molecule has 12 heteroatoms. The van der Waals surface area contributed by atoms with Crippen molar-refractivity contribution in [1.82, 2.24) is 15.1 Å². The van der Waals surface area contributed by atoms with Crippen LogP contribution in [0.5, 0.6) is 28.9 Å². The maximum absolute atomic E-state index is 12.7. The molecular weight excluding hydrogens is 506 g/mol. The number of amides is 1. The van der Waals surface area contributed by atoms with Crippen LogP contribution in [0.15, 0.2) is 47.9 Å². The van der Waals surface area contributed by atoms with Crippen LogP contribution in [0.25, 0.3) is 11.3 Å². The van der Waals surface area contributed by atoms with Gasteiger partial charge in [-0.25, -0.2) is 4.79 Å². The number of rotatable bonds is 5. The Hall–Kier alpha value is -4.89. The number of allylic oxidation sites excluding steroid dienone is 1. The molecule has 1 aromatic heterocycles. The van der Waals surface area contributed by atoms with E-state index in [1.165, 1.54) is 0 Å². The highest BCUT2D eigenvalue weighted by atomic mass is 16.7. The molecule has 200 valence electrons. The Balaban J connectivity index is 1.40. The molecule has 39 heavy (non-hydrogen) atoms. The van der Waals surface area contributed by atoms with Gasteiger partial charge in [0.2, 0.25) is 18.6 Å². The van der Waals surface area contributed by atoms with Gasteiger partial charge in [-0.3, -0.25) is 5.10 Å². The smallest absolute Gasteiger partial charge is 0.415 e. The molecule has 0 radical (unpaired) electrons. The second-order valence-electron chi connectivity index (χ2n) is 8.92. The van der Waals surface area contributed by atoms with Crippen LogP contribution in [0, 0.1) is 11.3 Å².